The molecule has 0 spiro atoms. The van der Waals surface area contributed by atoms with Crippen molar-refractivity contribution in [2.45, 2.75) is 6.54 Å². The number of pyridine rings is 2. The maximum atomic E-state index is 13.9. The van der Waals surface area contributed by atoms with Crippen LogP contribution in [-0.4, -0.2) is 34.9 Å². The Balaban J connectivity index is 1.60. The van der Waals surface area contributed by atoms with Crippen molar-refractivity contribution in [1.82, 2.24) is 9.97 Å². The number of carbonyl (C=O) groups excluding carboxylic acids is 3. The molecule has 0 aliphatic carbocycles. The molecule has 0 bridgehead atoms. The number of benzene rings is 2. The third kappa shape index (κ3) is 5.82. The molecule has 2 aromatic carbocycles. The van der Waals surface area contributed by atoms with E-state index in [0.717, 1.165) is 11.8 Å². The van der Waals surface area contributed by atoms with Gasteiger partial charge in [0, 0.05) is 30.1 Å². The normalized spacial score (nSPS) is 10.5. The van der Waals surface area contributed by atoms with E-state index in [9.17, 15) is 18.8 Å². The summed E-state index contributed by atoms with van der Waals surface area (Å²) in [6.07, 6.45) is 5.13. The molecule has 0 atom stereocenters. The van der Waals surface area contributed by atoms with Crippen LogP contribution < -0.4 is 16.4 Å². The van der Waals surface area contributed by atoms with E-state index in [2.05, 4.69) is 25.3 Å². The largest absolute Gasteiger partial charge is 0.465 e. The number of nitrogens with two attached hydrogens (primary N) is 1. The number of methoxy groups -OCH3 is 1. The molecule has 4 N–H and O–H groups in total. The van der Waals surface area contributed by atoms with Gasteiger partial charge >= 0.3 is 5.97 Å². The Bertz CT molecular complexity index is 1490. The number of aromatic nitrogens is 2. The fourth-order valence-corrected chi connectivity index (χ4v) is 3.60. The van der Waals surface area contributed by atoms with Crippen LogP contribution in [0.15, 0.2) is 79.4 Å². The fourth-order valence-electron chi connectivity index (χ4n) is 3.60. The summed E-state index contributed by atoms with van der Waals surface area (Å²) in [6.45, 7) is 0.193. The molecule has 0 unspecified atom stereocenters. The molecule has 0 aliphatic heterocycles. The topological polar surface area (TPSA) is 136 Å². The van der Waals surface area contributed by atoms with Crippen molar-refractivity contribution in [2.75, 3.05) is 17.7 Å². The monoisotopic (exact) mass is 499 g/mol. The summed E-state index contributed by atoms with van der Waals surface area (Å²) in [4.78, 5) is 45.1. The summed E-state index contributed by atoms with van der Waals surface area (Å²) < 4.78 is 18.6. The molecule has 4 aromatic rings. The second-order valence-corrected chi connectivity index (χ2v) is 7.87. The van der Waals surface area contributed by atoms with E-state index < -0.39 is 23.6 Å². The molecule has 9 nitrogen and oxygen atoms in total. The van der Waals surface area contributed by atoms with E-state index in [1.807, 2.05) is 0 Å². The molecule has 0 aliphatic rings. The Morgan fingerprint density at radius 3 is 2.43 bits per heavy atom. The Kier molecular flexibility index (Phi) is 7.60. The molecule has 0 radical (unpaired) electrons. The van der Waals surface area contributed by atoms with Gasteiger partial charge in [-0.1, -0.05) is 18.2 Å². The van der Waals surface area contributed by atoms with Crippen LogP contribution in [0.4, 0.5) is 15.8 Å². The molecular weight excluding hydrogens is 477 g/mol. The van der Waals surface area contributed by atoms with E-state index in [-0.39, 0.29) is 23.4 Å². The van der Waals surface area contributed by atoms with Gasteiger partial charge in [0.2, 0.25) is 0 Å². The van der Waals surface area contributed by atoms with Crippen molar-refractivity contribution in [3.05, 3.63) is 107 Å². The van der Waals surface area contributed by atoms with E-state index in [0.29, 0.717) is 22.4 Å². The Morgan fingerprint density at radius 2 is 1.68 bits per heavy atom. The van der Waals surface area contributed by atoms with E-state index in [4.69, 9.17) is 5.73 Å². The highest BCUT2D eigenvalue weighted by molar-refractivity contribution is 6.06. The van der Waals surface area contributed by atoms with Crippen LogP contribution in [0.2, 0.25) is 0 Å². The number of amides is 2. The molecule has 2 aromatic heterocycles. The van der Waals surface area contributed by atoms with E-state index in [1.54, 1.807) is 42.5 Å². The Morgan fingerprint density at radius 1 is 0.892 bits per heavy atom. The van der Waals surface area contributed by atoms with Gasteiger partial charge in [-0.05, 0) is 53.1 Å². The zero-order chi connectivity index (χ0) is 26.4. The number of nitrogens with one attached hydrogen (secondary N) is 2. The first-order valence-corrected chi connectivity index (χ1v) is 11.1. The molecule has 0 fully saturated rings. The highest BCUT2D eigenvalue weighted by atomic mass is 19.1. The number of hydrogen-bond donors (Lipinski definition) is 3. The number of anilines is 2. The number of hydrogen-bond acceptors (Lipinski definition) is 7. The fraction of sp³-hybridized carbons (Fsp3) is 0.0741. The molecule has 37 heavy (non-hydrogen) atoms. The summed E-state index contributed by atoms with van der Waals surface area (Å²) in [5, 5.41) is 5.24. The van der Waals surface area contributed by atoms with Crippen molar-refractivity contribution in [2.24, 2.45) is 5.73 Å². The summed E-state index contributed by atoms with van der Waals surface area (Å²) in [7, 11) is 1.25. The minimum Gasteiger partial charge on any atom is -0.465 e. The Hall–Kier alpha value is -4.96. The lowest BCUT2D eigenvalue weighted by atomic mass is 9.95. The van der Waals surface area contributed by atoms with E-state index in [1.165, 1.54) is 37.8 Å². The van der Waals surface area contributed by atoms with Gasteiger partial charge in [-0.15, -0.1) is 0 Å². The predicted molar refractivity (Wildman–Crippen MR) is 135 cm³/mol. The van der Waals surface area contributed by atoms with Crippen LogP contribution in [-0.2, 0) is 11.3 Å². The van der Waals surface area contributed by atoms with Crippen molar-refractivity contribution in [3.8, 4) is 11.1 Å². The third-order valence-electron chi connectivity index (χ3n) is 5.47. The number of nitrogens with zero attached hydrogens (tertiary/aromatic N) is 2. The van der Waals surface area contributed by atoms with Gasteiger partial charge in [0.25, 0.3) is 11.8 Å². The number of carbonyl (C=O) groups is 3. The van der Waals surface area contributed by atoms with Crippen LogP contribution in [0.25, 0.3) is 11.1 Å². The molecule has 4 rings (SSSR count). The average Bonchev–Trinajstić information content (AvgIpc) is 2.93. The minimum absolute atomic E-state index is 0.00822. The van der Waals surface area contributed by atoms with Gasteiger partial charge in [0.15, 0.2) is 5.82 Å². The van der Waals surface area contributed by atoms with Crippen LogP contribution in [0.5, 0.6) is 0 Å². The maximum Gasteiger partial charge on any atom is 0.339 e. The van der Waals surface area contributed by atoms with Crippen molar-refractivity contribution in [3.63, 3.8) is 0 Å². The molecule has 2 amide bonds. The SMILES string of the molecule is COC(=O)c1cncc(NC(=O)c2cccc(-c3cc(C(=O)Nc4ccncc4F)ccc3CN)c2)c1. The lowest BCUT2D eigenvalue weighted by Crippen LogP contribution is -2.14. The Labute approximate surface area is 211 Å². The molecular formula is C27H22FN5O4. The first kappa shape index (κ1) is 25.1. The zero-order valence-corrected chi connectivity index (χ0v) is 19.7. The van der Waals surface area contributed by atoms with Gasteiger partial charge in [-0.2, -0.15) is 0 Å². The van der Waals surface area contributed by atoms with Crippen molar-refractivity contribution in [1.29, 1.82) is 0 Å². The summed E-state index contributed by atoms with van der Waals surface area (Å²) in [6, 6.07) is 14.5. The number of esters is 1. The van der Waals surface area contributed by atoms with Crippen LogP contribution in [0.3, 0.4) is 0 Å². The number of halogens is 1. The first-order valence-electron chi connectivity index (χ1n) is 11.1. The first-order chi connectivity index (χ1) is 17.9. The lowest BCUT2D eigenvalue weighted by Gasteiger charge is -2.13. The minimum atomic E-state index is -0.652. The summed E-state index contributed by atoms with van der Waals surface area (Å²) in [5.41, 5.74) is 9.12. The molecule has 2 heterocycles. The molecule has 10 heteroatoms. The average molecular weight is 500 g/mol. The smallest absolute Gasteiger partial charge is 0.339 e. The number of ether oxygens (including phenoxy) is 1. The highest BCUT2D eigenvalue weighted by Crippen LogP contribution is 2.27. The lowest BCUT2D eigenvalue weighted by molar-refractivity contribution is 0.0600. The second kappa shape index (κ2) is 11.2. The predicted octanol–water partition coefficient (Wildman–Crippen LogP) is 4.03. The van der Waals surface area contributed by atoms with Crippen LogP contribution >= 0.6 is 0 Å². The van der Waals surface area contributed by atoms with Crippen LogP contribution in [0.1, 0.15) is 36.6 Å². The van der Waals surface area contributed by atoms with E-state index >= 15 is 0 Å². The molecule has 0 saturated heterocycles. The summed E-state index contributed by atoms with van der Waals surface area (Å²) in [5.74, 6) is -2.17. The van der Waals surface area contributed by atoms with Gasteiger partial charge in [-0.3, -0.25) is 19.6 Å². The van der Waals surface area contributed by atoms with Crippen molar-refractivity contribution < 1.29 is 23.5 Å². The molecule has 186 valence electrons. The van der Waals surface area contributed by atoms with Gasteiger partial charge in [0.1, 0.15) is 0 Å². The highest BCUT2D eigenvalue weighted by Gasteiger charge is 2.15. The maximum absolute atomic E-state index is 13.9. The summed E-state index contributed by atoms with van der Waals surface area (Å²) >= 11 is 0. The van der Waals surface area contributed by atoms with Crippen LogP contribution in [0, 0.1) is 5.82 Å². The molecule has 0 saturated carbocycles. The second-order valence-electron chi connectivity index (χ2n) is 7.87. The van der Waals surface area contributed by atoms with Gasteiger partial charge in [0.05, 0.1) is 36.4 Å². The quantitative estimate of drug-likeness (QED) is 0.327. The standard InChI is InChI=1S/C27H22FN5O4/c1-37-27(36)20-10-21(14-31-13-20)32-25(34)17-4-2-3-16(9-17)22-11-18(5-6-19(22)12-29)26(35)33-24-7-8-30-15-23(24)28/h2-11,13-15H,12,29H2,1H3,(H,32,34)(H,30,33,35). The number of rotatable bonds is 7. The van der Waals surface area contributed by atoms with Gasteiger partial charge in [-0.25, -0.2) is 9.18 Å². The van der Waals surface area contributed by atoms with Crippen molar-refractivity contribution >= 4 is 29.2 Å². The third-order valence-corrected chi connectivity index (χ3v) is 5.47. The zero-order valence-electron chi connectivity index (χ0n) is 19.7. The van der Waals surface area contributed by atoms with Gasteiger partial charge < -0.3 is 21.1 Å².